The van der Waals surface area contributed by atoms with Crippen molar-refractivity contribution in [1.82, 2.24) is 14.7 Å². The molecule has 1 N–H and O–H groups in total. The molecule has 0 spiro atoms. The third kappa shape index (κ3) is 6.11. The van der Waals surface area contributed by atoms with Gasteiger partial charge in [-0.05, 0) is 36.2 Å². The molecule has 2 aromatic carbocycles. The van der Waals surface area contributed by atoms with E-state index in [1.165, 1.54) is 37.9 Å². The summed E-state index contributed by atoms with van der Waals surface area (Å²) in [5.41, 5.74) is 2.43. The normalized spacial score (nSPS) is 17.6. The Labute approximate surface area is 183 Å². The van der Waals surface area contributed by atoms with Crippen molar-refractivity contribution < 1.29 is 22.8 Å². The molecule has 1 atom stereocenters. The van der Waals surface area contributed by atoms with Gasteiger partial charge in [0.2, 0.25) is 0 Å². The molecule has 2 aromatic rings. The highest BCUT2D eigenvalue weighted by atomic mass is 32.2. The summed E-state index contributed by atoms with van der Waals surface area (Å²) in [5, 5.41) is 2.86. The molecule has 0 radical (unpaired) electrons. The van der Waals surface area contributed by atoms with E-state index in [1.807, 2.05) is 12.1 Å². The van der Waals surface area contributed by atoms with Gasteiger partial charge >= 0.3 is 0 Å². The van der Waals surface area contributed by atoms with Crippen LogP contribution in [0, 0.1) is 0 Å². The Morgan fingerprint density at radius 1 is 1.23 bits per heavy atom. The van der Waals surface area contributed by atoms with Crippen LogP contribution in [-0.2, 0) is 32.7 Å². The zero-order chi connectivity index (χ0) is 22.4. The third-order valence-corrected chi connectivity index (χ3v) is 6.84. The van der Waals surface area contributed by atoms with Crippen molar-refractivity contribution in [2.45, 2.75) is 31.0 Å². The average Bonchev–Trinajstić information content (AvgIpc) is 2.77. The van der Waals surface area contributed by atoms with Crippen LogP contribution >= 0.6 is 0 Å². The number of nitrogens with one attached hydrogen (secondary N) is 1. The Bertz CT molecular complexity index is 1010. The molecule has 0 saturated carbocycles. The van der Waals surface area contributed by atoms with Crippen molar-refractivity contribution in [3.63, 3.8) is 0 Å². The summed E-state index contributed by atoms with van der Waals surface area (Å²) in [4.78, 5) is 19.7. The maximum atomic E-state index is 12.6. The van der Waals surface area contributed by atoms with Gasteiger partial charge in [0.25, 0.3) is 15.9 Å². The highest BCUT2D eigenvalue weighted by Gasteiger charge is 2.22. The Balaban J connectivity index is 1.63. The number of benzene rings is 2. The maximum Gasteiger partial charge on any atom is 0.264 e. The second kappa shape index (κ2) is 10.3. The van der Waals surface area contributed by atoms with E-state index >= 15 is 0 Å². The van der Waals surface area contributed by atoms with Crippen LogP contribution in [0.1, 0.15) is 28.4 Å². The van der Waals surface area contributed by atoms with Gasteiger partial charge in [0.1, 0.15) is 0 Å². The van der Waals surface area contributed by atoms with E-state index in [-0.39, 0.29) is 22.5 Å². The summed E-state index contributed by atoms with van der Waals surface area (Å²) in [6, 6.07) is 14.0. The molecule has 0 aliphatic carbocycles. The number of hydrogen-bond acceptors (Lipinski definition) is 6. The van der Waals surface area contributed by atoms with Crippen LogP contribution in [0.5, 0.6) is 0 Å². The number of nitrogens with zero attached hydrogens (tertiary/aromatic N) is 2. The van der Waals surface area contributed by atoms with Crippen molar-refractivity contribution in [3.8, 4) is 0 Å². The first-order valence-electron chi connectivity index (χ1n) is 10.1. The SMILES string of the molecule is CON(C)S(=O)(=O)c1cccc(C(=O)NCc2cccc(CN3CCOC(C)C3)c2)c1. The lowest BCUT2D eigenvalue weighted by Crippen LogP contribution is -2.40. The van der Waals surface area contributed by atoms with Gasteiger partial charge < -0.3 is 10.1 Å². The lowest BCUT2D eigenvalue weighted by atomic mass is 10.1. The van der Waals surface area contributed by atoms with Crippen LogP contribution in [0.3, 0.4) is 0 Å². The van der Waals surface area contributed by atoms with E-state index in [1.54, 1.807) is 6.07 Å². The number of ether oxygens (including phenoxy) is 1. The molecule has 1 amide bonds. The van der Waals surface area contributed by atoms with Crippen LogP contribution in [-0.4, -0.2) is 63.7 Å². The number of carbonyl (C=O) groups is 1. The van der Waals surface area contributed by atoms with Gasteiger partial charge in [-0.15, -0.1) is 0 Å². The molecule has 168 valence electrons. The second-order valence-corrected chi connectivity index (χ2v) is 9.48. The number of hydrogen-bond donors (Lipinski definition) is 1. The number of morpholine rings is 1. The Kier molecular flexibility index (Phi) is 7.79. The molecule has 1 unspecified atom stereocenters. The Morgan fingerprint density at radius 3 is 2.71 bits per heavy atom. The van der Waals surface area contributed by atoms with Crippen LogP contribution in [0.15, 0.2) is 53.4 Å². The highest BCUT2D eigenvalue weighted by Crippen LogP contribution is 2.16. The Hall–Kier alpha value is -2.30. The molecular formula is C22H29N3O5S. The van der Waals surface area contributed by atoms with Crippen molar-refractivity contribution in [1.29, 1.82) is 0 Å². The number of hydroxylamine groups is 1. The minimum Gasteiger partial charge on any atom is -0.376 e. The molecule has 1 aliphatic heterocycles. The standard InChI is InChI=1S/C22H29N3O5S/c1-17-15-25(10-11-30-17)16-19-7-4-6-18(12-19)14-23-22(26)20-8-5-9-21(13-20)31(27,28)24(2)29-3/h4-9,12-13,17H,10-11,14-16H2,1-3H3,(H,23,26). The summed E-state index contributed by atoms with van der Waals surface area (Å²) >= 11 is 0. The second-order valence-electron chi connectivity index (χ2n) is 7.54. The minimum atomic E-state index is -3.82. The first-order valence-corrected chi connectivity index (χ1v) is 11.6. The molecule has 8 nitrogen and oxygen atoms in total. The van der Waals surface area contributed by atoms with Crippen molar-refractivity contribution >= 4 is 15.9 Å². The van der Waals surface area contributed by atoms with Gasteiger partial charge in [0.15, 0.2) is 0 Å². The summed E-state index contributed by atoms with van der Waals surface area (Å²) in [7, 11) is -1.25. The quantitative estimate of drug-likeness (QED) is 0.623. The van der Waals surface area contributed by atoms with Crippen LogP contribution in [0.2, 0.25) is 0 Å². The van der Waals surface area contributed by atoms with E-state index in [0.29, 0.717) is 6.54 Å². The molecule has 1 saturated heterocycles. The van der Waals surface area contributed by atoms with Gasteiger partial charge in [0, 0.05) is 38.8 Å². The predicted molar refractivity (Wildman–Crippen MR) is 117 cm³/mol. The van der Waals surface area contributed by atoms with Gasteiger partial charge in [0.05, 0.1) is 24.7 Å². The van der Waals surface area contributed by atoms with E-state index in [9.17, 15) is 13.2 Å². The van der Waals surface area contributed by atoms with Crippen LogP contribution < -0.4 is 5.32 Å². The van der Waals surface area contributed by atoms with Crippen molar-refractivity contribution in [2.24, 2.45) is 0 Å². The van der Waals surface area contributed by atoms with Gasteiger partial charge in [-0.2, -0.15) is 0 Å². The zero-order valence-corrected chi connectivity index (χ0v) is 18.9. The number of sulfonamides is 1. The minimum absolute atomic E-state index is 0.00811. The monoisotopic (exact) mass is 447 g/mol. The predicted octanol–water partition coefficient (Wildman–Crippen LogP) is 2.02. The zero-order valence-electron chi connectivity index (χ0n) is 18.1. The lowest BCUT2D eigenvalue weighted by molar-refractivity contribution is -0.0258. The van der Waals surface area contributed by atoms with Gasteiger partial charge in [-0.25, -0.2) is 8.42 Å². The van der Waals surface area contributed by atoms with Crippen LogP contribution in [0.4, 0.5) is 0 Å². The molecule has 0 bridgehead atoms. The molecule has 1 heterocycles. The maximum absolute atomic E-state index is 12.6. The van der Waals surface area contributed by atoms with Gasteiger partial charge in [-0.1, -0.05) is 34.8 Å². The molecule has 0 aromatic heterocycles. The fraction of sp³-hybridized carbons (Fsp3) is 0.409. The first-order chi connectivity index (χ1) is 14.8. The lowest BCUT2D eigenvalue weighted by Gasteiger charge is -2.31. The smallest absolute Gasteiger partial charge is 0.264 e. The van der Waals surface area contributed by atoms with Crippen LogP contribution in [0.25, 0.3) is 0 Å². The average molecular weight is 448 g/mol. The van der Waals surface area contributed by atoms with Gasteiger partial charge in [-0.3, -0.25) is 14.5 Å². The number of carbonyl (C=O) groups excluding carboxylic acids is 1. The van der Waals surface area contributed by atoms with Crippen molar-refractivity contribution in [2.75, 3.05) is 33.9 Å². The molecule has 1 aliphatic rings. The topological polar surface area (TPSA) is 88.2 Å². The van der Waals surface area contributed by atoms with E-state index in [4.69, 9.17) is 9.57 Å². The molecule has 3 rings (SSSR count). The fourth-order valence-corrected chi connectivity index (χ4v) is 4.48. The number of rotatable bonds is 8. The third-order valence-electron chi connectivity index (χ3n) is 5.17. The van der Waals surface area contributed by atoms with Crippen molar-refractivity contribution in [3.05, 3.63) is 65.2 Å². The fourth-order valence-electron chi connectivity index (χ4n) is 3.46. The summed E-state index contributed by atoms with van der Waals surface area (Å²) in [6.45, 7) is 5.81. The summed E-state index contributed by atoms with van der Waals surface area (Å²) in [5.74, 6) is -0.343. The highest BCUT2D eigenvalue weighted by molar-refractivity contribution is 7.89. The largest absolute Gasteiger partial charge is 0.376 e. The molecule has 1 fully saturated rings. The molecule has 31 heavy (non-hydrogen) atoms. The first kappa shape index (κ1) is 23.4. The van der Waals surface area contributed by atoms with E-state index < -0.39 is 10.0 Å². The number of amides is 1. The van der Waals surface area contributed by atoms with E-state index in [2.05, 4.69) is 29.3 Å². The summed E-state index contributed by atoms with van der Waals surface area (Å²) in [6.07, 6.45) is 0.236. The van der Waals surface area contributed by atoms with E-state index in [0.717, 1.165) is 36.3 Å². The molecule has 9 heteroatoms. The Morgan fingerprint density at radius 2 is 1.97 bits per heavy atom. The molecular weight excluding hydrogens is 418 g/mol. The summed E-state index contributed by atoms with van der Waals surface area (Å²) < 4.78 is 31.1.